The molecule has 0 bridgehead atoms. The SMILES string of the molecule is Cc1cc(C)cc(NC(=O)CSc2nnc(NC(=O)c3cc(C)oc3C)s2)c1. The maximum absolute atomic E-state index is 12.3. The predicted molar refractivity (Wildman–Crippen MR) is 111 cm³/mol. The monoisotopic (exact) mass is 416 g/mol. The van der Waals surface area contributed by atoms with Gasteiger partial charge in [0.15, 0.2) is 4.34 Å². The standard InChI is InChI=1S/C19H20N4O3S2/c1-10-5-11(2)7-14(6-10)20-16(24)9-27-19-23-22-18(28-19)21-17(25)15-8-12(3)26-13(15)4/h5-8H,9H2,1-4H3,(H,20,24)(H,21,22,25). The molecule has 0 atom stereocenters. The van der Waals surface area contributed by atoms with Gasteiger partial charge in [-0.2, -0.15) is 0 Å². The average molecular weight is 417 g/mol. The van der Waals surface area contributed by atoms with Crippen molar-refractivity contribution in [1.29, 1.82) is 0 Å². The Bertz CT molecular complexity index is 1010. The summed E-state index contributed by atoms with van der Waals surface area (Å²) in [7, 11) is 0. The van der Waals surface area contributed by atoms with E-state index in [4.69, 9.17) is 4.42 Å². The molecule has 0 radical (unpaired) electrons. The van der Waals surface area contributed by atoms with Crippen molar-refractivity contribution in [3.8, 4) is 0 Å². The first kappa shape index (κ1) is 20.1. The van der Waals surface area contributed by atoms with Gasteiger partial charge in [0.05, 0.1) is 11.3 Å². The number of hydrogen-bond acceptors (Lipinski definition) is 7. The van der Waals surface area contributed by atoms with Gasteiger partial charge in [-0.1, -0.05) is 29.2 Å². The lowest BCUT2D eigenvalue weighted by Gasteiger charge is -2.06. The zero-order chi connectivity index (χ0) is 20.3. The largest absolute Gasteiger partial charge is 0.466 e. The summed E-state index contributed by atoms with van der Waals surface area (Å²) in [6.07, 6.45) is 0. The lowest BCUT2D eigenvalue weighted by molar-refractivity contribution is -0.113. The van der Waals surface area contributed by atoms with Crippen molar-refractivity contribution in [2.24, 2.45) is 0 Å². The molecular formula is C19H20N4O3S2. The fourth-order valence-corrected chi connectivity index (χ4v) is 4.26. The molecule has 2 amide bonds. The third-order valence-electron chi connectivity index (χ3n) is 3.74. The lowest BCUT2D eigenvalue weighted by atomic mass is 10.1. The van der Waals surface area contributed by atoms with Crippen LogP contribution in [0.1, 0.15) is 33.0 Å². The first-order valence-electron chi connectivity index (χ1n) is 8.53. The molecule has 146 valence electrons. The summed E-state index contributed by atoms with van der Waals surface area (Å²) >= 11 is 2.49. The van der Waals surface area contributed by atoms with Crippen molar-refractivity contribution in [3.05, 3.63) is 52.5 Å². The minimum atomic E-state index is -0.297. The number of nitrogens with one attached hydrogen (secondary N) is 2. The number of thioether (sulfide) groups is 1. The lowest BCUT2D eigenvalue weighted by Crippen LogP contribution is -2.14. The molecular weight excluding hydrogens is 396 g/mol. The Morgan fingerprint density at radius 2 is 1.75 bits per heavy atom. The molecule has 0 aliphatic heterocycles. The molecule has 3 aromatic rings. The molecule has 1 aromatic carbocycles. The van der Waals surface area contributed by atoms with E-state index in [1.807, 2.05) is 32.0 Å². The Morgan fingerprint density at radius 3 is 2.39 bits per heavy atom. The second-order valence-electron chi connectivity index (χ2n) is 6.37. The van der Waals surface area contributed by atoms with Gasteiger partial charge in [0.2, 0.25) is 11.0 Å². The Labute approximate surface area is 170 Å². The van der Waals surface area contributed by atoms with Crippen LogP contribution in [0.3, 0.4) is 0 Å². The van der Waals surface area contributed by atoms with E-state index in [0.717, 1.165) is 16.8 Å². The minimum absolute atomic E-state index is 0.125. The third kappa shape index (κ3) is 5.20. The summed E-state index contributed by atoms with van der Waals surface area (Å²) in [6.45, 7) is 7.49. The topological polar surface area (TPSA) is 97.1 Å². The second kappa shape index (κ2) is 8.57. The number of amides is 2. The van der Waals surface area contributed by atoms with Crippen LogP contribution in [0.5, 0.6) is 0 Å². The van der Waals surface area contributed by atoms with Crippen LogP contribution in [-0.2, 0) is 4.79 Å². The van der Waals surface area contributed by atoms with Crippen LogP contribution in [0.4, 0.5) is 10.8 Å². The molecule has 2 heterocycles. The Kier molecular flexibility index (Phi) is 6.15. The van der Waals surface area contributed by atoms with E-state index < -0.39 is 0 Å². The van der Waals surface area contributed by atoms with Gasteiger partial charge >= 0.3 is 0 Å². The molecule has 0 aliphatic carbocycles. The van der Waals surface area contributed by atoms with Crippen molar-refractivity contribution < 1.29 is 14.0 Å². The van der Waals surface area contributed by atoms with Crippen LogP contribution in [0.25, 0.3) is 0 Å². The van der Waals surface area contributed by atoms with E-state index in [1.165, 1.54) is 23.1 Å². The third-order valence-corrected chi connectivity index (χ3v) is 5.72. The molecule has 0 saturated heterocycles. The Morgan fingerprint density at radius 1 is 1.04 bits per heavy atom. The van der Waals surface area contributed by atoms with E-state index in [2.05, 4.69) is 20.8 Å². The maximum atomic E-state index is 12.3. The Hall–Kier alpha value is -2.65. The number of carbonyl (C=O) groups excluding carboxylic acids is 2. The van der Waals surface area contributed by atoms with Crippen LogP contribution in [0.15, 0.2) is 33.0 Å². The van der Waals surface area contributed by atoms with E-state index >= 15 is 0 Å². The van der Waals surface area contributed by atoms with Gasteiger partial charge in [0.1, 0.15) is 11.5 Å². The number of rotatable bonds is 6. The quantitative estimate of drug-likeness (QED) is 0.458. The highest BCUT2D eigenvalue weighted by molar-refractivity contribution is 8.01. The summed E-state index contributed by atoms with van der Waals surface area (Å²) in [5.41, 5.74) is 3.43. The first-order chi connectivity index (χ1) is 13.3. The number of anilines is 2. The van der Waals surface area contributed by atoms with Gasteiger partial charge in [-0.05, 0) is 57.0 Å². The van der Waals surface area contributed by atoms with Crippen LogP contribution < -0.4 is 10.6 Å². The summed E-state index contributed by atoms with van der Waals surface area (Å²) in [5, 5.41) is 13.9. The molecule has 7 nitrogen and oxygen atoms in total. The molecule has 2 aromatic heterocycles. The zero-order valence-corrected chi connectivity index (χ0v) is 17.6. The molecule has 0 unspecified atom stereocenters. The molecule has 0 aliphatic rings. The summed E-state index contributed by atoms with van der Waals surface area (Å²) < 4.78 is 5.97. The van der Waals surface area contributed by atoms with Crippen LogP contribution in [0.2, 0.25) is 0 Å². The molecule has 2 N–H and O–H groups in total. The van der Waals surface area contributed by atoms with Crippen molar-refractivity contribution in [1.82, 2.24) is 10.2 Å². The highest BCUT2D eigenvalue weighted by atomic mass is 32.2. The van der Waals surface area contributed by atoms with E-state index in [0.29, 0.717) is 26.6 Å². The maximum Gasteiger partial charge on any atom is 0.261 e. The van der Waals surface area contributed by atoms with Crippen molar-refractivity contribution in [2.45, 2.75) is 32.0 Å². The van der Waals surface area contributed by atoms with Gasteiger partial charge in [0, 0.05) is 5.69 Å². The first-order valence-corrected chi connectivity index (χ1v) is 10.3. The fraction of sp³-hybridized carbons (Fsp3) is 0.263. The fourth-order valence-electron chi connectivity index (χ4n) is 2.71. The van der Waals surface area contributed by atoms with E-state index in [1.54, 1.807) is 19.9 Å². The van der Waals surface area contributed by atoms with Gasteiger partial charge in [-0.15, -0.1) is 10.2 Å². The number of hydrogen-bond donors (Lipinski definition) is 2. The van der Waals surface area contributed by atoms with Gasteiger partial charge in [0.25, 0.3) is 5.91 Å². The van der Waals surface area contributed by atoms with E-state index in [9.17, 15) is 9.59 Å². The number of nitrogens with zero attached hydrogens (tertiary/aromatic N) is 2. The summed E-state index contributed by atoms with van der Waals surface area (Å²) in [6, 6.07) is 7.58. The molecule has 0 fully saturated rings. The van der Waals surface area contributed by atoms with Crippen LogP contribution in [0, 0.1) is 27.7 Å². The molecule has 3 rings (SSSR count). The van der Waals surface area contributed by atoms with Crippen molar-refractivity contribution in [3.63, 3.8) is 0 Å². The predicted octanol–water partition coefficient (Wildman–Crippen LogP) is 4.35. The zero-order valence-electron chi connectivity index (χ0n) is 16.0. The average Bonchev–Trinajstić information content (AvgIpc) is 3.17. The highest BCUT2D eigenvalue weighted by Gasteiger charge is 2.16. The van der Waals surface area contributed by atoms with Gasteiger partial charge < -0.3 is 9.73 Å². The second-order valence-corrected chi connectivity index (χ2v) is 8.57. The molecule has 28 heavy (non-hydrogen) atoms. The van der Waals surface area contributed by atoms with Crippen molar-refractivity contribution in [2.75, 3.05) is 16.4 Å². The number of benzene rings is 1. The van der Waals surface area contributed by atoms with E-state index in [-0.39, 0.29) is 17.6 Å². The number of furan rings is 1. The molecule has 9 heteroatoms. The van der Waals surface area contributed by atoms with Crippen LogP contribution in [-0.4, -0.2) is 27.8 Å². The highest BCUT2D eigenvalue weighted by Crippen LogP contribution is 2.26. The molecule has 0 spiro atoms. The molecule has 0 saturated carbocycles. The summed E-state index contributed by atoms with van der Waals surface area (Å²) in [4.78, 5) is 24.4. The Balaban J connectivity index is 1.53. The van der Waals surface area contributed by atoms with Gasteiger partial charge in [-0.3, -0.25) is 14.9 Å². The number of aromatic nitrogens is 2. The normalized spacial score (nSPS) is 10.7. The number of carbonyl (C=O) groups is 2. The van der Waals surface area contributed by atoms with Crippen LogP contribution >= 0.6 is 23.1 Å². The van der Waals surface area contributed by atoms with Crippen molar-refractivity contribution >= 4 is 45.7 Å². The smallest absolute Gasteiger partial charge is 0.261 e. The summed E-state index contributed by atoms with van der Waals surface area (Å²) in [5.74, 6) is 1.01. The van der Waals surface area contributed by atoms with Gasteiger partial charge in [-0.25, -0.2) is 0 Å². The minimum Gasteiger partial charge on any atom is -0.466 e. The number of aryl methyl sites for hydroxylation is 4.